The molecule has 3 rings (SSSR count). The molecule has 0 radical (unpaired) electrons. The molecule has 0 saturated carbocycles. The van der Waals surface area contributed by atoms with E-state index >= 15 is 0 Å². The molecule has 1 atom stereocenters. The van der Waals surface area contributed by atoms with Gasteiger partial charge in [0.25, 0.3) is 0 Å². The fourth-order valence-corrected chi connectivity index (χ4v) is 3.51. The van der Waals surface area contributed by atoms with Gasteiger partial charge in [0, 0.05) is 18.0 Å². The van der Waals surface area contributed by atoms with E-state index in [1.807, 2.05) is 41.6 Å². The fraction of sp³-hybridized carbons (Fsp3) is 0.471. The van der Waals surface area contributed by atoms with Crippen molar-refractivity contribution in [2.45, 2.75) is 45.0 Å². The Balaban J connectivity index is 1.62. The first-order chi connectivity index (χ1) is 11.7. The quantitative estimate of drug-likeness (QED) is 0.870. The molecule has 24 heavy (non-hydrogen) atoms. The van der Waals surface area contributed by atoms with Gasteiger partial charge >= 0.3 is 6.03 Å². The Morgan fingerprint density at radius 1 is 1.46 bits per heavy atom. The highest BCUT2D eigenvalue weighted by atomic mass is 32.2. The van der Waals surface area contributed by atoms with Crippen molar-refractivity contribution < 1.29 is 4.79 Å². The number of urea groups is 1. The number of hydrogen-bond acceptors (Lipinski definition) is 4. The largest absolute Gasteiger partial charge is 0.328 e. The molecule has 0 bridgehead atoms. The molecule has 2 heterocycles. The lowest BCUT2D eigenvalue weighted by molar-refractivity contribution is 0.244. The number of nitrogens with one attached hydrogen (secondary N) is 2. The van der Waals surface area contributed by atoms with Crippen molar-refractivity contribution in [1.82, 2.24) is 20.1 Å². The van der Waals surface area contributed by atoms with Gasteiger partial charge in [0.15, 0.2) is 0 Å². The highest BCUT2D eigenvalue weighted by Gasteiger charge is 2.24. The number of benzene rings is 1. The first kappa shape index (κ1) is 16.8. The summed E-state index contributed by atoms with van der Waals surface area (Å²) in [6.07, 6.45) is 1.88. The molecule has 2 amide bonds. The van der Waals surface area contributed by atoms with E-state index in [-0.39, 0.29) is 12.1 Å². The molecule has 0 fully saturated rings. The highest BCUT2D eigenvalue weighted by Crippen LogP contribution is 2.23. The standard InChI is InChI=1S/C17H23N5OS/c1-3-24-11-13-6-4-7-14(10-13)19-17(23)20-15-8-5-9-22-16(15)18-12(2)21-22/h4,6-7,10,15H,3,5,8-9,11H2,1-2H3,(H2,19,20,23)/t15-/m0/s1. The van der Waals surface area contributed by atoms with Gasteiger partial charge in [-0.05, 0) is 43.2 Å². The van der Waals surface area contributed by atoms with Crippen molar-refractivity contribution in [3.63, 3.8) is 0 Å². The van der Waals surface area contributed by atoms with Gasteiger partial charge in [0.1, 0.15) is 11.6 Å². The summed E-state index contributed by atoms with van der Waals surface area (Å²) in [4.78, 5) is 16.8. The monoisotopic (exact) mass is 345 g/mol. The van der Waals surface area contributed by atoms with Gasteiger partial charge in [-0.25, -0.2) is 14.5 Å². The van der Waals surface area contributed by atoms with E-state index in [4.69, 9.17) is 0 Å². The van der Waals surface area contributed by atoms with Gasteiger partial charge < -0.3 is 10.6 Å². The van der Waals surface area contributed by atoms with Gasteiger partial charge in [-0.15, -0.1) is 0 Å². The van der Waals surface area contributed by atoms with Crippen LogP contribution in [0, 0.1) is 6.92 Å². The van der Waals surface area contributed by atoms with E-state index < -0.39 is 0 Å². The van der Waals surface area contributed by atoms with E-state index in [1.54, 1.807) is 0 Å². The summed E-state index contributed by atoms with van der Waals surface area (Å²) in [6.45, 7) is 4.89. The van der Waals surface area contributed by atoms with Crippen molar-refractivity contribution >= 4 is 23.5 Å². The van der Waals surface area contributed by atoms with Crippen LogP contribution < -0.4 is 10.6 Å². The number of hydrogen-bond donors (Lipinski definition) is 2. The van der Waals surface area contributed by atoms with Crippen LogP contribution in [0.1, 0.15) is 43.0 Å². The van der Waals surface area contributed by atoms with Crippen molar-refractivity contribution in [1.29, 1.82) is 0 Å². The van der Waals surface area contributed by atoms with Crippen LogP contribution >= 0.6 is 11.8 Å². The maximum Gasteiger partial charge on any atom is 0.319 e. The van der Waals surface area contributed by atoms with E-state index in [2.05, 4.69) is 33.7 Å². The Morgan fingerprint density at radius 2 is 2.33 bits per heavy atom. The normalized spacial score (nSPS) is 16.5. The molecule has 0 saturated heterocycles. The lowest BCUT2D eigenvalue weighted by Crippen LogP contribution is -2.36. The zero-order valence-corrected chi connectivity index (χ0v) is 14.9. The predicted octanol–water partition coefficient (Wildman–Crippen LogP) is 3.50. The van der Waals surface area contributed by atoms with Crippen molar-refractivity contribution in [2.24, 2.45) is 0 Å². The lowest BCUT2D eigenvalue weighted by Gasteiger charge is -2.23. The Hall–Kier alpha value is -2.02. The molecule has 128 valence electrons. The van der Waals surface area contributed by atoms with Crippen LogP contribution in [-0.4, -0.2) is 26.5 Å². The zero-order chi connectivity index (χ0) is 16.9. The van der Waals surface area contributed by atoms with Crippen LogP contribution in [0.25, 0.3) is 0 Å². The van der Waals surface area contributed by atoms with Crippen molar-refractivity contribution in [2.75, 3.05) is 11.1 Å². The van der Waals surface area contributed by atoms with Gasteiger partial charge in [0.05, 0.1) is 6.04 Å². The summed E-state index contributed by atoms with van der Waals surface area (Å²) < 4.78 is 1.90. The number of carbonyl (C=O) groups excluding carboxylic acids is 1. The summed E-state index contributed by atoms with van der Waals surface area (Å²) >= 11 is 1.87. The van der Waals surface area contributed by atoms with E-state index in [9.17, 15) is 4.79 Å². The number of rotatable bonds is 5. The number of fused-ring (bicyclic) bond motifs is 1. The first-order valence-corrected chi connectivity index (χ1v) is 9.46. The molecule has 0 spiro atoms. The molecule has 2 aromatic rings. The van der Waals surface area contributed by atoms with E-state index in [0.29, 0.717) is 0 Å². The molecule has 6 nitrogen and oxygen atoms in total. The summed E-state index contributed by atoms with van der Waals surface area (Å²) in [5, 5.41) is 10.3. The van der Waals surface area contributed by atoms with Crippen LogP contribution in [0.15, 0.2) is 24.3 Å². The van der Waals surface area contributed by atoms with E-state index in [0.717, 1.165) is 48.2 Å². The molecule has 1 aliphatic rings. The second-order valence-electron chi connectivity index (χ2n) is 5.87. The van der Waals surface area contributed by atoms with Gasteiger partial charge in [-0.1, -0.05) is 19.1 Å². The highest BCUT2D eigenvalue weighted by molar-refractivity contribution is 7.98. The maximum atomic E-state index is 12.3. The van der Waals surface area contributed by atoms with Crippen LogP contribution in [0.5, 0.6) is 0 Å². The maximum absolute atomic E-state index is 12.3. The first-order valence-electron chi connectivity index (χ1n) is 8.31. The minimum absolute atomic E-state index is 0.0845. The summed E-state index contributed by atoms with van der Waals surface area (Å²) in [5.74, 6) is 3.64. The number of anilines is 1. The second-order valence-corrected chi connectivity index (χ2v) is 7.15. The Morgan fingerprint density at radius 3 is 3.17 bits per heavy atom. The number of amides is 2. The number of carbonyl (C=O) groups is 1. The van der Waals surface area contributed by atoms with Crippen LogP contribution in [0.4, 0.5) is 10.5 Å². The minimum atomic E-state index is -0.200. The number of nitrogens with zero attached hydrogens (tertiary/aromatic N) is 3. The smallest absolute Gasteiger partial charge is 0.319 e. The topological polar surface area (TPSA) is 71.8 Å². The predicted molar refractivity (Wildman–Crippen MR) is 97.2 cm³/mol. The molecule has 2 N–H and O–H groups in total. The third-order valence-electron chi connectivity index (χ3n) is 3.94. The Bertz CT molecular complexity index is 715. The summed E-state index contributed by atoms with van der Waals surface area (Å²) in [6, 6.07) is 7.70. The zero-order valence-electron chi connectivity index (χ0n) is 14.1. The fourth-order valence-electron chi connectivity index (χ4n) is 2.89. The second kappa shape index (κ2) is 7.70. The molecular weight excluding hydrogens is 322 g/mol. The van der Waals surface area contributed by atoms with Crippen molar-refractivity contribution in [3.8, 4) is 0 Å². The minimum Gasteiger partial charge on any atom is -0.328 e. The van der Waals surface area contributed by atoms with Gasteiger partial charge in [-0.2, -0.15) is 16.9 Å². The van der Waals surface area contributed by atoms with Crippen LogP contribution in [0.2, 0.25) is 0 Å². The molecule has 1 aromatic heterocycles. The molecule has 7 heteroatoms. The number of thioether (sulfide) groups is 1. The summed E-state index contributed by atoms with van der Waals surface area (Å²) in [5.41, 5.74) is 2.03. The van der Waals surface area contributed by atoms with Crippen LogP contribution in [-0.2, 0) is 12.3 Å². The number of aromatic nitrogens is 3. The SMILES string of the molecule is CCSCc1cccc(NC(=O)N[C@H]2CCCn3nc(C)nc32)c1. The van der Waals surface area contributed by atoms with Crippen molar-refractivity contribution in [3.05, 3.63) is 41.5 Å². The lowest BCUT2D eigenvalue weighted by atomic mass is 10.1. The van der Waals surface area contributed by atoms with Crippen LogP contribution in [0.3, 0.4) is 0 Å². The number of aryl methyl sites for hydroxylation is 2. The molecule has 0 aliphatic carbocycles. The molecule has 0 unspecified atom stereocenters. The molecule has 1 aromatic carbocycles. The third kappa shape index (κ3) is 4.08. The molecule has 1 aliphatic heterocycles. The van der Waals surface area contributed by atoms with E-state index in [1.165, 1.54) is 5.56 Å². The summed E-state index contributed by atoms with van der Waals surface area (Å²) in [7, 11) is 0. The Kier molecular flexibility index (Phi) is 5.40. The average molecular weight is 345 g/mol. The third-order valence-corrected chi connectivity index (χ3v) is 4.89. The van der Waals surface area contributed by atoms with Gasteiger partial charge in [0.2, 0.25) is 0 Å². The van der Waals surface area contributed by atoms with Gasteiger partial charge in [-0.3, -0.25) is 0 Å². The average Bonchev–Trinajstić information content (AvgIpc) is 2.94. The molecular formula is C17H23N5OS. The Labute approximate surface area is 146 Å².